The minimum absolute atomic E-state index is 0.0683. The fraction of sp³-hybridized carbons (Fsp3) is 0.500. The molecule has 0 saturated carbocycles. The van der Waals surface area contributed by atoms with Gasteiger partial charge in [-0.3, -0.25) is 14.9 Å². The first-order valence-electron chi connectivity index (χ1n) is 6.80. The number of hydrogen-bond donors (Lipinski definition) is 1. The van der Waals surface area contributed by atoms with E-state index in [1.165, 1.54) is 11.0 Å². The van der Waals surface area contributed by atoms with Crippen LogP contribution in [0.15, 0.2) is 18.2 Å². The van der Waals surface area contributed by atoms with E-state index in [1.807, 2.05) is 4.90 Å². The Balaban J connectivity index is 2.34. The van der Waals surface area contributed by atoms with Crippen molar-refractivity contribution in [3.63, 3.8) is 0 Å². The standard InChI is InChI=1S/C14H19N3O4/c1-15(2)14(19)11-3-4-12(13(7-11)17(20)21)16-6-5-10(8-16)9-18/h3-4,7,10,18H,5-6,8-9H2,1-2H3. The van der Waals surface area contributed by atoms with Crippen molar-refractivity contribution in [2.75, 3.05) is 38.7 Å². The Hall–Kier alpha value is -2.15. The maximum absolute atomic E-state index is 11.9. The van der Waals surface area contributed by atoms with Gasteiger partial charge in [-0.15, -0.1) is 0 Å². The third-order valence-electron chi connectivity index (χ3n) is 3.71. The summed E-state index contributed by atoms with van der Waals surface area (Å²) in [6.45, 7) is 1.35. The Labute approximate surface area is 122 Å². The summed E-state index contributed by atoms with van der Waals surface area (Å²) in [5.41, 5.74) is 0.737. The molecule has 0 aliphatic carbocycles. The molecule has 1 aliphatic heterocycles. The van der Waals surface area contributed by atoms with Gasteiger partial charge in [0.2, 0.25) is 0 Å². The van der Waals surface area contributed by atoms with Crippen LogP contribution in [-0.2, 0) is 0 Å². The van der Waals surface area contributed by atoms with Gasteiger partial charge in [0.15, 0.2) is 0 Å². The Kier molecular flexibility index (Phi) is 4.42. The normalized spacial score (nSPS) is 17.9. The third-order valence-corrected chi connectivity index (χ3v) is 3.71. The number of aliphatic hydroxyl groups excluding tert-OH is 1. The van der Waals surface area contributed by atoms with Crippen LogP contribution in [0.25, 0.3) is 0 Å². The van der Waals surface area contributed by atoms with E-state index < -0.39 is 4.92 Å². The zero-order chi connectivity index (χ0) is 15.6. The Morgan fingerprint density at radius 1 is 1.52 bits per heavy atom. The fourth-order valence-electron chi connectivity index (χ4n) is 2.53. The Bertz CT molecular complexity index is 559. The molecule has 0 bridgehead atoms. The zero-order valence-electron chi connectivity index (χ0n) is 12.2. The topological polar surface area (TPSA) is 86.9 Å². The van der Waals surface area contributed by atoms with Gasteiger partial charge in [-0.25, -0.2) is 0 Å². The lowest BCUT2D eigenvalue weighted by atomic mass is 10.1. The van der Waals surface area contributed by atoms with E-state index in [1.54, 1.807) is 26.2 Å². The maximum atomic E-state index is 11.9. The molecule has 1 saturated heterocycles. The van der Waals surface area contributed by atoms with Crippen LogP contribution in [0.5, 0.6) is 0 Å². The molecule has 114 valence electrons. The van der Waals surface area contributed by atoms with Crippen LogP contribution >= 0.6 is 0 Å². The van der Waals surface area contributed by atoms with E-state index in [2.05, 4.69) is 0 Å². The van der Waals surface area contributed by atoms with Gasteiger partial charge in [0.05, 0.1) is 4.92 Å². The maximum Gasteiger partial charge on any atom is 0.293 e. The summed E-state index contributed by atoms with van der Waals surface area (Å²) in [5.74, 6) is -0.119. The van der Waals surface area contributed by atoms with Crippen LogP contribution < -0.4 is 4.90 Å². The van der Waals surface area contributed by atoms with Crippen molar-refractivity contribution in [2.24, 2.45) is 5.92 Å². The smallest absolute Gasteiger partial charge is 0.293 e. The van der Waals surface area contributed by atoms with Crippen LogP contribution in [-0.4, -0.2) is 54.6 Å². The summed E-state index contributed by atoms with van der Waals surface area (Å²) >= 11 is 0. The van der Waals surface area contributed by atoms with Gasteiger partial charge in [-0.05, 0) is 18.6 Å². The molecular formula is C14H19N3O4. The zero-order valence-corrected chi connectivity index (χ0v) is 12.2. The summed E-state index contributed by atoms with van der Waals surface area (Å²) in [7, 11) is 3.21. The van der Waals surface area contributed by atoms with Crippen LogP contribution in [0.3, 0.4) is 0 Å². The minimum Gasteiger partial charge on any atom is -0.396 e. The molecule has 1 aromatic rings. The number of carbonyl (C=O) groups excluding carboxylic acids is 1. The van der Waals surface area contributed by atoms with Gasteiger partial charge < -0.3 is 14.9 Å². The van der Waals surface area contributed by atoms with E-state index in [9.17, 15) is 20.0 Å². The number of hydrogen-bond acceptors (Lipinski definition) is 5. The molecule has 1 fully saturated rings. The Morgan fingerprint density at radius 2 is 2.24 bits per heavy atom. The number of nitro groups is 1. The lowest BCUT2D eigenvalue weighted by Crippen LogP contribution is -2.23. The quantitative estimate of drug-likeness (QED) is 0.664. The number of anilines is 1. The number of aliphatic hydroxyl groups is 1. The van der Waals surface area contributed by atoms with E-state index in [0.717, 1.165) is 6.42 Å². The predicted octanol–water partition coefficient (Wildman–Crippen LogP) is 1.12. The number of rotatable bonds is 4. The van der Waals surface area contributed by atoms with Gasteiger partial charge in [-0.2, -0.15) is 0 Å². The summed E-state index contributed by atoms with van der Waals surface area (Å²) < 4.78 is 0. The number of benzene rings is 1. The summed E-state index contributed by atoms with van der Waals surface area (Å²) in [6, 6.07) is 4.55. The lowest BCUT2D eigenvalue weighted by Gasteiger charge is -2.19. The molecule has 1 atom stereocenters. The number of nitrogens with zero attached hydrogens (tertiary/aromatic N) is 3. The molecule has 1 amide bonds. The first-order valence-corrected chi connectivity index (χ1v) is 6.80. The molecule has 1 N–H and O–H groups in total. The van der Waals surface area contributed by atoms with Crippen LogP contribution in [0.2, 0.25) is 0 Å². The fourth-order valence-corrected chi connectivity index (χ4v) is 2.53. The number of carbonyl (C=O) groups is 1. The van der Waals surface area contributed by atoms with Crippen molar-refractivity contribution in [2.45, 2.75) is 6.42 Å². The molecule has 1 aromatic carbocycles. The highest BCUT2D eigenvalue weighted by Crippen LogP contribution is 2.33. The first-order chi connectivity index (χ1) is 9.93. The highest BCUT2D eigenvalue weighted by Gasteiger charge is 2.28. The number of nitro benzene ring substituents is 1. The van der Waals surface area contributed by atoms with Gasteiger partial charge >= 0.3 is 0 Å². The van der Waals surface area contributed by atoms with E-state index in [0.29, 0.717) is 24.3 Å². The molecule has 2 rings (SSSR count). The van der Waals surface area contributed by atoms with Crippen molar-refractivity contribution >= 4 is 17.3 Å². The van der Waals surface area contributed by atoms with Crippen LogP contribution in [0.1, 0.15) is 16.8 Å². The molecule has 0 aromatic heterocycles. The highest BCUT2D eigenvalue weighted by molar-refractivity contribution is 5.95. The summed E-state index contributed by atoms with van der Waals surface area (Å²) in [6.07, 6.45) is 0.812. The monoisotopic (exact) mass is 293 g/mol. The average molecular weight is 293 g/mol. The largest absolute Gasteiger partial charge is 0.396 e. The average Bonchev–Trinajstić information content (AvgIpc) is 2.94. The molecule has 1 aliphatic rings. The molecule has 1 heterocycles. The molecule has 21 heavy (non-hydrogen) atoms. The molecule has 0 spiro atoms. The molecule has 7 nitrogen and oxygen atoms in total. The second kappa shape index (κ2) is 6.09. The van der Waals surface area contributed by atoms with E-state index in [-0.39, 0.29) is 24.1 Å². The molecule has 0 radical (unpaired) electrons. The van der Waals surface area contributed by atoms with E-state index in [4.69, 9.17) is 0 Å². The highest BCUT2D eigenvalue weighted by atomic mass is 16.6. The summed E-state index contributed by atoms with van der Waals surface area (Å²) in [5, 5.41) is 20.5. The van der Waals surface area contributed by atoms with Crippen molar-refractivity contribution < 1.29 is 14.8 Å². The van der Waals surface area contributed by atoms with E-state index >= 15 is 0 Å². The molecular weight excluding hydrogens is 274 g/mol. The van der Waals surface area contributed by atoms with Gasteiger partial charge in [0.1, 0.15) is 5.69 Å². The lowest BCUT2D eigenvalue weighted by molar-refractivity contribution is -0.384. The van der Waals surface area contributed by atoms with Gasteiger partial charge in [0, 0.05) is 51.3 Å². The Morgan fingerprint density at radius 3 is 2.76 bits per heavy atom. The second-order valence-electron chi connectivity index (χ2n) is 5.44. The van der Waals surface area contributed by atoms with Crippen LogP contribution in [0.4, 0.5) is 11.4 Å². The van der Waals surface area contributed by atoms with Gasteiger partial charge in [0.25, 0.3) is 11.6 Å². The third kappa shape index (κ3) is 3.13. The molecule has 1 unspecified atom stereocenters. The summed E-state index contributed by atoms with van der Waals surface area (Å²) in [4.78, 5) is 26.0. The second-order valence-corrected chi connectivity index (χ2v) is 5.44. The van der Waals surface area contributed by atoms with Crippen molar-refractivity contribution in [3.05, 3.63) is 33.9 Å². The van der Waals surface area contributed by atoms with Crippen LogP contribution in [0, 0.1) is 16.0 Å². The SMILES string of the molecule is CN(C)C(=O)c1ccc(N2CCC(CO)C2)c([N+](=O)[O-])c1. The molecule has 7 heteroatoms. The number of amides is 1. The van der Waals surface area contributed by atoms with Crippen molar-refractivity contribution in [3.8, 4) is 0 Å². The van der Waals surface area contributed by atoms with Gasteiger partial charge in [-0.1, -0.05) is 0 Å². The van der Waals surface area contributed by atoms with Crippen molar-refractivity contribution in [1.29, 1.82) is 0 Å². The first kappa shape index (κ1) is 15.2. The minimum atomic E-state index is -0.464. The van der Waals surface area contributed by atoms with Crippen molar-refractivity contribution in [1.82, 2.24) is 4.90 Å². The predicted molar refractivity (Wildman–Crippen MR) is 78.5 cm³/mol.